The quantitative estimate of drug-likeness (QED) is 0.770. The molecule has 0 radical (unpaired) electrons. The molecule has 0 fully saturated rings. The third-order valence-electron chi connectivity index (χ3n) is 2.13. The maximum Gasteiger partial charge on any atom is 0.165 e. The number of nitrogens with zero attached hydrogens (tertiary/aromatic N) is 3. The number of nitrogen functional groups attached to an aromatic ring is 1. The smallest absolute Gasteiger partial charge is 0.165 e. The summed E-state index contributed by atoms with van der Waals surface area (Å²) in [4.78, 5) is 1.59. The average Bonchev–Trinajstić information content (AvgIpc) is 2.56. The maximum atomic E-state index is 5.48. The van der Waals surface area contributed by atoms with E-state index in [-0.39, 0.29) is 0 Å². The molecule has 2 aromatic rings. The molecule has 72 valence electrons. The predicted molar refractivity (Wildman–Crippen MR) is 54.7 cm³/mol. The van der Waals surface area contributed by atoms with Crippen LogP contribution in [0.4, 0.5) is 5.82 Å². The van der Waals surface area contributed by atoms with Gasteiger partial charge in [-0.1, -0.05) is 24.3 Å². The summed E-state index contributed by atoms with van der Waals surface area (Å²) in [5.41, 5.74) is 7.93. The van der Waals surface area contributed by atoms with Gasteiger partial charge in [-0.05, 0) is 18.1 Å². The third-order valence-corrected chi connectivity index (χ3v) is 2.13. The first kappa shape index (κ1) is 8.74. The molecule has 0 bridgehead atoms. The number of aromatic nitrogens is 3. The highest BCUT2D eigenvalue weighted by Crippen LogP contribution is 2.08. The van der Waals surface area contributed by atoms with Crippen molar-refractivity contribution in [1.82, 2.24) is 15.0 Å². The minimum absolute atomic E-state index is 0.457. The van der Waals surface area contributed by atoms with E-state index in [0.29, 0.717) is 12.4 Å². The van der Waals surface area contributed by atoms with Crippen LogP contribution >= 0.6 is 0 Å². The van der Waals surface area contributed by atoms with Crippen LogP contribution in [0.15, 0.2) is 30.5 Å². The molecule has 1 heterocycles. The molecule has 0 aliphatic rings. The number of benzene rings is 1. The van der Waals surface area contributed by atoms with Crippen molar-refractivity contribution in [2.24, 2.45) is 0 Å². The summed E-state index contributed by atoms with van der Waals surface area (Å²) in [5, 5.41) is 8.06. The lowest BCUT2D eigenvalue weighted by Crippen LogP contribution is -2.05. The van der Waals surface area contributed by atoms with Gasteiger partial charge in [-0.15, -0.1) is 5.10 Å². The number of rotatable bonds is 2. The van der Waals surface area contributed by atoms with E-state index >= 15 is 0 Å². The van der Waals surface area contributed by atoms with Gasteiger partial charge in [0.1, 0.15) is 0 Å². The van der Waals surface area contributed by atoms with Gasteiger partial charge in [0.15, 0.2) is 5.82 Å². The van der Waals surface area contributed by atoms with Crippen molar-refractivity contribution in [3.63, 3.8) is 0 Å². The minimum Gasteiger partial charge on any atom is -0.381 e. The second kappa shape index (κ2) is 3.49. The molecule has 0 aliphatic heterocycles. The Morgan fingerprint density at radius 2 is 2.14 bits per heavy atom. The molecule has 4 heteroatoms. The van der Waals surface area contributed by atoms with E-state index in [0.717, 1.165) is 0 Å². The molecule has 0 atom stereocenters. The van der Waals surface area contributed by atoms with Crippen molar-refractivity contribution >= 4 is 5.82 Å². The number of anilines is 1. The van der Waals surface area contributed by atoms with Gasteiger partial charge in [-0.25, -0.2) is 0 Å². The van der Waals surface area contributed by atoms with Gasteiger partial charge in [-0.2, -0.15) is 9.90 Å². The van der Waals surface area contributed by atoms with E-state index in [2.05, 4.69) is 29.3 Å². The SMILES string of the molecule is Cc1ccccc1Cn1ncc(N)n1. The fourth-order valence-electron chi connectivity index (χ4n) is 1.33. The highest BCUT2D eigenvalue weighted by molar-refractivity contribution is 5.26. The van der Waals surface area contributed by atoms with Crippen molar-refractivity contribution in [3.8, 4) is 0 Å². The van der Waals surface area contributed by atoms with Crippen LogP contribution in [-0.4, -0.2) is 15.0 Å². The molecule has 2 rings (SSSR count). The standard InChI is InChI=1S/C10H12N4/c1-8-4-2-3-5-9(8)7-14-12-6-10(11)13-14/h2-6H,7H2,1H3,(H2,11,13). The Morgan fingerprint density at radius 1 is 1.36 bits per heavy atom. The van der Waals surface area contributed by atoms with Crippen LogP contribution in [0, 0.1) is 6.92 Å². The van der Waals surface area contributed by atoms with Gasteiger partial charge in [-0.3, -0.25) is 0 Å². The second-order valence-electron chi connectivity index (χ2n) is 3.23. The van der Waals surface area contributed by atoms with Gasteiger partial charge in [0, 0.05) is 0 Å². The zero-order valence-electron chi connectivity index (χ0n) is 8.01. The lowest BCUT2D eigenvalue weighted by Gasteiger charge is -2.03. The molecule has 0 saturated heterocycles. The number of hydrogen-bond acceptors (Lipinski definition) is 3. The second-order valence-corrected chi connectivity index (χ2v) is 3.23. The monoisotopic (exact) mass is 188 g/mol. The normalized spacial score (nSPS) is 10.4. The number of hydrogen-bond donors (Lipinski definition) is 1. The van der Waals surface area contributed by atoms with E-state index in [1.54, 1.807) is 11.0 Å². The lowest BCUT2D eigenvalue weighted by molar-refractivity contribution is 0.591. The van der Waals surface area contributed by atoms with Gasteiger partial charge in [0.2, 0.25) is 0 Å². The fraction of sp³-hybridized carbons (Fsp3) is 0.200. The summed E-state index contributed by atoms with van der Waals surface area (Å²) in [6.45, 7) is 2.74. The van der Waals surface area contributed by atoms with Crippen LogP contribution in [0.1, 0.15) is 11.1 Å². The molecular weight excluding hydrogens is 176 g/mol. The highest BCUT2D eigenvalue weighted by Gasteiger charge is 2.00. The maximum absolute atomic E-state index is 5.48. The Bertz CT molecular complexity index is 433. The summed E-state index contributed by atoms with van der Waals surface area (Å²) >= 11 is 0. The van der Waals surface area contributed by atoms with Crippen LogP contribution in [0.2, 0.25) is 0 Å². The number of aryl methyl sites for hydroxylation is 1. The van der Waals surface area contributed by atoms with Crippen LogP contribution < -0.4 is 5.73 Å². The molecule has 2 N–H and O–H groups in total. The summed E-state index contributed by atoms with van der Waals surface area (Å²) in [6, 6.07) is 8.16. The van der Waals surface area contributed by atoms with Gasteiger partial charge < -0.3 is 5.73 Å². The van der Waals surface area contributed by atoms with E-state index in [1.165, 1.54) is 11.1 Å². The first-order valence-electron chi connectivity index (χ1n) is 4.46. The van der Waals surface area contributed by atoms with Crippen LogP contribution in [-0.2, 0) is 6.54 Å². The Balaban J connectivity index is 2.23. The van der Waals surface area contributed by atoms with Gasteiger partial charge >= 0.3 is 0 Å². The largest absolute Gasteiger partial charge is 0.381 e. The Kier molecular flexibility index (Phi) is 2.18. The Labute approximate surface area is 82.4 Å². The molecule has 0 amide bonds. The molecule has 4 nitrogen and oxygen atoms in total. The van der Waals surface area contributed by atoms with Crippen LogP contribution in [0.25, 0.3) is 0 Å². The third kappa shape index (κ3) is 1.74. The molecule has 14 heavy (non-hydrogen) atoms. The van der Waals surface area contributed by atoms with E-state index in [9.17, 15) is 0 Å². The summed E-state index contributed by atoms with van der Waals surface area (Å²) in [6.07, 6.45) is 1.55. The van der Waals surface area contributed by atoms with Gasteiger partial charge in [0.25, 0.3) is 0 Å². The summed E-state index contributed by atoms with van der Waals surface area (Å²) in [7, 11) is 0. The molecule has 0 unspecified atom stereocenters. The minimum atomic E-state index is 0.457. The molecule has 0 saturated carbocycles. The van der Waals surface area contributed by atoms with Crippen molar-refractivity contribution in [1.29, 1.82) is 0 Å². The first-order chi connectivity index (χ1) is 6.75. The van der Waals surface area contributed by atoms with E-state index in [4.69, 9.17) is 5.73 Å². The van der Waals surface area contributed by atoms with Crippen molar-refractivity contribution in [3.05, 3.63) is 41.6 Å². The Hall–Kier alpha value is -1.84. The first-order valence-corrected chi connectivity index (χ1v) is 4.46. The molecular formula is C10H12N4. The van der Waals surface area contributed by atoms with Crippen molar-refractivity contribution in [2.45, 2.75) is 13.5 Å². The summed E-state index contributed by atoms with van der Waals surface area (Å²) in [5.74, 6) is 0.457. The zero-order chi connectivity index (χ0) is 9.97. The van der Waals surface area contributed by atoms with Crippen LogP contribution in [0.3, 0.4) is 0 Å². The topological polar surface area (TPSA) is 56.7 Å². The van der Waals surface area contributed by atoms with Gasteiger partial charge in [0.05, 0.1) is 12.7 Å². The zero-order valence-corrected chi connectivity index (χ0v) is 8.01. The predicted octanol–water partition coefficient (Wildman–Crippen LogP) is 1.22. The Morgan fingerprint density at radius 3 is 2.79 bits per heavy atom. The van der Waals surface area contributed by atoms with Crippen molar-refractivity contribution < 1.29 is 0 Å². The summed E-state index contributed by atoms with van der Waals surface area (Å²) < 4.78 is 0. The highest BCUT2D eigenvalue weighted by atomic mass is 15.5. The fourth-order valence-corrected chi connectivity index (χ4v) is 1.33. The van der Waals surface area contributed by atoms with E-state index < -0.39 is 0 Å². The molecule has 1 aromatic heterocycles. The van der Waals surface area contributed by atoms with E-state index in [1.807, 2.05) is 12.1 Å². The van der Waals surface area contributed by atoms with Crippen molar-refractivity contribution in [2.75, 3.05) is 5.73 Å². The lowest BCUT2D eigenvalue weighted by atomic mass is 10.1. The average molecular weight is 188 g/mol. The molecule has 1 aromatic carbocycles. The number of nitrogens with two attached hydrogens (primary N) is 1. The van der Waals surface area contributed by atoms with Crippen LogP contribution in [0.5, 0.6) is 0 Å². The molecule has 0 spiro atoms. The molecule has 0 aliphatic carbocycles.